The number of anilines is 1. The van der Waals surface area contributed by atoms with Crippen LogP contribution in [0.5, 0.6) is 5.75 Å². The Kier molecular flexibility index (Phi) is 4.17. The van der Waals surface area contributed by atoms with Gasteiger partial charge in [-0.3, -0.25) is 10.1 Å². The molecule has 2 rings (SSSR count). The molecule has 0 atom stereocenters. The summed E-state index contributed by atoms with van der Waals surface area (Å²) in [5, 5.41) is 20.7. The second-order valence-electron chi connectivity index (χ2n) is 4.37. The third-order valence-electron chi connectivity index (χ3n) is 2.86. The molecule has 0 unspecified atom stereocenters. The summed E-state index contributed by atoms with van der Waals surface area (Å²) >= 11 is 0. The number of phenols is 1. The summed E-state index contributed by atoms with van der Waals surface area (Å²) in [4.78, 5) is 10.3. The zero-order valence-electron chi connectivity index (χ0n) is 11.0. The summed E-state index contributed by atoms with van der Waals surface area (Å²) in [7, 11) is 0. The first kappa shape index (κ1) is 13.8. The molecule has 0 aromatic heterocycles. The van der Waals surface area contributed by atoms with Crippen molar-refractivity contribution in [3.63, 3.8) is 0 Å². The maximum absolute atomic E-state index is 10.8. The van der Waals surface area contributed by atoms with Crippen molar-refractivity contribution in [1.29, 1.82) is 0 Å². The molecule has 0 fully saturated rings. The molecular weight excluding hydrogens is 258 g/mol. The lowest BCUT2D eigenvalue weighted by Crippen LogP contribution is -2.21. The summed E-state index contributed by atoms with van der Waals surface area (Å²) < 4.78 is 0. The van der Waals surface area contributed by atoms with E-state index in [4.69, 9.17) is 0 Å². The second-order valence-corrected chi connectivity index (χ2v) is 4.37. The number of nitrogens with one attached hydrogen (secondary N) is 2. The minimum Gasteiger partial charge on any atom is -0.507 e. The molecule has 0 saturated carbocycles. The van der Waals surface area contributed by atoms with E-state index in [-0.39, 0.29) is 18.0 Å². The Hall–Kier alpha value is -2.60. The van der Waals surface area contributed by atoms with Crippen molar-refractivity contribution in [3.05, 3.63) is 63.7 Å². The number of aryl methyl sites for hydroxylation is 1. The average Bonchev–Trinajstić information content (AvgIpc) is 2.44. The molecule has 0 saturated heterocycles. The van der Waals surface area contributed by atoms with Crippen LogP contribution in [0.4, 0.5) is 11.4 Å². The lowest BCUT2D eigenvalue weighted by Gasteiger charge is -2.10. The Labute approximate surface area is 116 Å². The molecule has 0 aliphatic carbocycles. The minimum atomic E-state index is -0.472. The van der Waals surface area contributed by atoms with Crippen molar-refractivity contribution in [2.24, 2.45) is 0 Å². The number of rotatable bonds is 5. The number of nitro benzene ring substituents is 1. The predicted molar refractivity (Wildman–Crippen MR) is 76.4 cm³/mol. The summed E-state index contributed by atoms with van der Waals surface area (Å²) in [6.07, 6.45) is 0. The molecule has 0 aliphatic heterocycles. The number of hydrazine groups is 1. The third kappa shape index (κ3) is 3.24. The van der Waals surface area contributed by atoms with Crippen molar-refractivity contribution in [1.82, 2.24) is 5.43 Å². The molecule has 0 radical (unpaired) electrons. The lowest BCUT2D eigenvalue weighted by molar-refractivity contribution is -0.385. The predicted octanol–water partition coefficient (Wildman–Crippen LogP) is 2.73. The van der Waals surface area contributed by atoms with Crippen LogP contribution < -0.4 is 10.9 Å². The fraction of sp³-hybridized carbons (Fsp3) is 0.143. The van der Waals surface area contributed by atoms with E-state index in [1.807, 2.05) is 30.3 Å². The van der Waals surface area contributed by atoms with E-state index in [2.05, 4.69) is 10.9 Å². The van der Waals surface area contributed by atoms with E-state index in [9.17, 15) is 15.2 Å². The first-order valence-electron chi connectivity index (χ1n) is 6.08. The molecule has 0 spiro atoms. The average molecular weight is 273 g/mol. The standard InChI is InChI=1S/C14H15N3O3/c1-10-7-13(17(19)20)8-11(14(10)18)9-15-16-12-5-3-2-4-6-12/h2-8,15-16,18H,9H2,1H3. The number of nitrogens with zero attached hydrogens (tertiary/aromatic N) is 1. The highest BCUT2D eigenvalue weighted by Crippen LogP contribution is 2.27. The molecule has 2 aromatic carbocycles. The first-order valence-corrected chi connectivity index (χ1v) is 6.08. The van der Waals surface area contributed by atoms with Gasteiger partial charge in [0.2, 0.25) is 0 Å². The van der Waals surface area contributed by atoms with Crippen molar-refractivity contribution < 1.29 is 10.0 Å². The van der Waals surface area contributed by atoms with Crippen LogP contribution in [0.25, 0.3) is 0 Å². The zero-order valence-corrected chi connectivity index (χ0v) is 11.0. The first-order chi connectivity index (χ1) is 9.58. The molecule has 0 bridgehead atoms. The maximum Gasteiger partial charge on any atom is 0.270 e. The van der Waals surface area contributed by atoms with Gasteiger partial charge in [0.05, 0.1) is 4.92 Å². The molecule has 0 heterocycles. The fourth-order valence-corrected chi connectivity index (χ4v) is 1.84. The minimum absolute atomic E-state index is 0.0307. The second kappa shape index (κ2) is 6.03. The highest BCUT2D eigenvalue weighted by molar-refractivity contribution is 5.49. The van der Waals surface area contributed by atoms with E-state index in [0.29, 0.717) is 11.1 Å². The molecule has 20 heavy (non-hydrogen) atoms. The molecule has 104 valence electrons. The van der Waals surface area contributed by atoms with Gasteiger partial charge < -0.3 is 10.5 Å². The van der Waals surface area contributed by atoms with E-state index < -0.39 is 4.92 Å². The van der Waals surface area contributed by atoms with Gasteiger partial charge in [-0.25, -0.2) is 5.43 Å². The Morgan fingerprint density at radius 2 is 1.95 bits per heavy atom. The van der Waals surface area contributed by atoms with Gasteiger partial charge in [0.15, 0.2) is 0 Å². The highest BCUT2D eigenvalue weighted by Gasteiger charge is 2.13. The van der Waals surface area contributed by atoms with E-state index in [1.54, 1.807) is 6.92 Å². The van der Waals surface area contributed by atoms with Crippen molar-refractivity contribution >= 4 is 11.4 Å². The SMILES string of the molecule is Cc1cc([N+](=O)[O-])cc(CNNc2ccccc2)c1O. The van der Waals surface area contributed by atoms with E-state index >= 15 is 0 Å². The van der Waals surface area contributed by atoms with Gasteiger partial charge >= 0.3 is 0 Å². The van der Waals surface area contributed by atoms with Gasteiger partial charge in [-0.05, 0) is 24.6 Å². The van der Waals surface area contributed by atoms with Crippen LogP contribution in [-0.2, 0) is 6.54 Å². The van der Waals surface area contributed by atoms with Crippen LogP contribution in [0.15, 0.2) is 42.5 Å². The van der Waals surface area contributed by atoms with Crippen LogP contribution in [0.1, 0.15) is 11.1 Å². The lowest BCUT2D eigenvalue weighted by atomic mass is 10.1. The van der Waals surface area contributed by atoms with Crippen LogP contribution in [-0.4, -0.2) is 10.0 Å². The number of non-ortho nitro benzene ring substituents is 1. The fourth-order valence-electron chi connectivity index (χ4n) is 1.84. The summed E-state index contributed by atoms with van der Waals surface area (Å²) in [6.45, 7) is 1.90. The maximum atomic E-state index is 10.8. The normalized spacial score (nSPS) is 10.2. The number of hydrogen-bond acceptors (Lipinski definition) is 5. The quantitative estimate of drug-likeness (QED) is 0.576. The van der Waals surface area contributed by atoms with Gasteiger partial charge in [0.1, 0.15) is 5.75 Å². The summed E-state index contributed by atoms with van der Waals surface area (Å²) in [5.41, 5.74) is 7.67. The highest BCUT2D eigenvalue weighted by atomic mass is 16.6. The molecule has 6 nitrogen and oxygen atoms in total. The van der Waals surface area contributed by atoms with Gasteiger partial charge in [-0.15, -0.1) is 0 Å². The number of benzene rings is 2. The number of para-hydroxylation sites is 1. The smallest absolute Gasteiger partial charge is 0.270 e. The Morgan fingerprint density at radius 1 is 1.25 bits per heavy atom. The van der Waals surface area contributed by atoms with Gasteiger partial charge in [0.25, 0.3) is 5.69 Å². The number of aromatic hydroxyl groups is 1. The van der Waals surface area contributed by atoms with Crippen molar-refractivity contribution in [2.45, 2.75) is 13.5 Å². The van der Waals surface area contributed by atoms with Gasteiger partial charge in [0, 0.05) is 29.9 Å². The topological polar surface area (TPSA) is 87.4 Å². The third-order valence-corrected chi connectivity index (χ3v) is 2.86. The van der Waals surface area contributed by atoms with Crippen LogP contribution in [0.3, 0.4) is 0 Å². The number of phenolic OH excluding ortho intramolecular Hbond substituents is 1. The van der Waals surface area contributed by atoms with Crippen LogP contribution >= 0.6 is 0 Å². The molecule has 3 N–H and O–H groups in total. The monoisotopic (exact) mass is 273 g/mol. The Bertz CT molecular complexity index is 615. The van der Waals surface area contributed by atoms with E-state index in [0.717, 1.165) is 5.69 Å². The summed E-state index contributed by atoms with van der Waals surface area (Å²) in [6, 6.07) is 12.2. The van der Waals surface area contributed by atoms with Crippen molar-refractivity contribution in [3.8, 4) is 5.75 Å². The molecular formula is C14H15N3O3. The van der Waals surface area contributed by atoms with Crippen LogP contribution in [0, 0.1) is 17.0 Å². The molecule has 2 aromatic rings. The van der Waals surface area contributed by atoms with Crippen molar-refractivity contribution in [2.75, 3.05) is 5.43 Å². The number of hydrogen-bond donors (Lipinski definition) is 3. The molecule has 0 amide bonds. The zero-order chi connectivity index (χ0) is 14.5. The molecule has 6 heteroatoms. The number of nitro groups is 1. The molecule has 0 aliphatic rings. The van der Waals surface area contributed by atoms with Gasteiger partial charge in [-0.1, -0.05) is 18.2 Å². The van der Waals surface area contributed by atoms with Gasteiger partial charge in [-0.2, -0.15) is 0 Å². The van der Waals surface area contributed by atoms with E-state index in [1.165, 1.54) is 12.1 Å². The van der Waals surface area contributed by atoms with Crippen LogP contribution in [0.2, 0.25) is 0 Å². The Balaban J connectivity index is 2.07. The summed E-state index contributed by atoms with van der Waals surface area (Å²) in [5.74, 6) is 0.0676. The largest absolute Gasteiger partial charge is 0.507 e. The Morgan fingerprint density at radius 3 is 2.60 bits per heavy atom.